The summed E-state index contributed by atoms with van der Waals surface area (Å²) in [7, 11) is 0. The highest BCUT2D eigenvalue weighted by molar-refractivity contribution is 5.90. The van der Waals surface area contributed by atoms with E-state index < -0.39 is 5.79 Å². The minimum Gasteiger partial charge on any atom is -0.396 e. The maximum absolute atomic E-state index is 5.83. The average Bonchev–Trinajstić information content (AvgIpc) is 2.25. The van der Waals surface area contributed by atoms with Gasteiger partial charge in [-0.05, 0) is 20.8 Å². The topological polar surface area (TPSA) is 66.1 Å². The molecule has 0 amide bonds. The fraction of sp³-hybridized carbons (Fsp3) is 0.889. The van der Waals surface area contributed by atoms with Gasteiger partial charge in [-0.15, -0.1) is 0 Å². The van der Waals surface area contributed by atoms with Gasteiger partial charge in [0.1, 0.15) is 12.3 Å². The predicted molar refractivity (Wildman–Crippen MR) is 53.0 cm³/mol. The molecule has 0 aromatic carbocycles. The molecular weight excluding hydrogens is 184 g/mol. The minimum absolute atomic E-state index is 0.247. The lowest BCUT2D eigenvalue weighted by Crippen LogP contribution is -2.35. The molecule has 1 atom stereocenters. The first-order chi connectivity index (χ1) is 6.55. The van der Waals surface area contributed by atoms with Crippen LogP contribution in [0, 0.1) is 0 Å². The first-order valence-corrected chi connectivity index (χ1v) is 4.77. The van der Waals surface area contributed by atoms with Crippen molar-refractivity contribution in [3.63, 3.8) is 0 Å². The zero-order valence-corrected chi connectivity index (χ0v) is 8.95. The van der Waals surface area contributed by atoms with Crippen LogP contribution in [0.3, 0.4) is 0 Å². The first-order valence-electron chi connectivity index (χ1n) is 4.77. The molecule has 1 heterocycles. The summed E-state index contributed by atoms with van der Waals surface area (Å²) in [6.07, 6.45) is 0. The molecule has 2 N–H and O–H groups in total. The van der Waals surface area contributed by atoms with Crippen LogP contribution in [0.5, 0.6) is 0 Å². The van der Waals surface area contributed by atoms with Crippen LogP contribution in [0.25, 0.3) is 0 Å². The summed E-state index contributed by atoms with van der Waals surface area (Å²) in [5.41, 5.74) is 6.52. The van der Waals surface area contributed by atoms with E-state index in [2.05, 4.69) is 5.16 Å². The summed E-state index contributed by atoms with van der Waals surface area (Å²) in [4.78, 5) is 4.94. The SMILES string of the molecule is CCON=C1COC(C)(C)OCC1N. The molecule has 1 unspecified atom stereocenters. The van der Waals surface area contributed by atoms with Gasteiger partial charge in [0.25, 0.3) is 0 Å². The van der Waals surface area contributed by atoms with Crippen LogP contribution in [0.15, 0.2) is 5.16 Å². The Kier molecular flexibility index (Phi) is 3.86. The Labute approximate surface area is 84.2 Å². The molecule has 0 aliphatic carbocycles. The molecule has 0 bridgehead atoms. The highest BCUT2D eigenvalue weighted by Gasteiger charge is 2.28. The molecule has 82 valence electrons. The Bertz CT molecular complexity index is 216. The third-order valence-electron chi connectivity index (χ3n) is 1.92. The third kappa shape index (κ3) is 3.25. The first kappa shape index (κ1) is 11.4. The Balaban J connectivity index is 2.60. The van der Waals surface area contributed by atoms with Crippen molar-refractivity contribution in [1.29, 1.82) is 0 Å². The largest absolute Gasteiger partial charge is 0.396 e. The minimum atomic E-state index is -0.596. The molecular formula is C9H18N2O3. The number of oxime groups is 1. The molecule has 0 aromatic heterocycles. The van der Waals surface area contributed by atoms with Crippen LogP contribution in [-0.2, 0) is 14.3 Å². The van der Waals surface area contributed by atoms with Crippen molar-refractivity contribution in [2.75, 3.05) is 19.8 Å². The van der Waals surface area contributed by atoms with Crippen molar-refractivity contribution in [3.05, 3.63) is 0 Å². The van der Waals surface area contributed by atoms with Gasteiger partial charge in [0.05, 0.1) is 19.3 Å². The molecule has 0 radical (unpaired) electrons. The molecule has 5 heteroatoms. The maximum Gasteiger partial charge on any atom is 0.163 e. The summed E-state index contributed by atoms with van der Waals surface area (Å²) in [5, 5.41) is 3.89. The monoisotopic (exact) mass is 202 g/mol. The van der Waals surface area contributed by atoms with Gasteiger partial charge in [0.2, 0.25) is 0 Å². The number of hydrogen-bond acceptors (Lipinski definition) is 5. The van der Waals surface area contributed by atoms with Gasteiger partial charge in [0.15, 0.2) is 5.79 Å². The lowest BCUT2D eigenvalue weighted by Gasteiger charge is -2.22. The van der Waals surface area contributed by atoms with Crippen LogP contribution < -0.4 is 5.73 Å². The fourth-order valence-corrected chi connectivity index (χ4v) is 1.02. The van der Waals surface area contributed by atoms with Gasteiger partial charge in [-0.3, -0.25) is 0 Å². The molecule has 0 spiro atoms. The standard InChI is InChI=1S/C9H18N2O3/c1-4-14-11-8-6-13-9(2,3)12-5-7(8)10/h7H,4-6,10H2,1-3H3. The second kappa shape index (κ2) is 4.72. The van der Waals surface area contributed by atoms with E-state index in [0.717, 1.165) is 0 Å². The van der Waals surface area contributed by atoms with Crippen molar-refractivity contribution >= 4 is 5.71 Å². The van der Waals surface area contributed by atoms with Crippen LogP contribution >= 0.6 is 0 Å². The second-order valence-electron chi connectivity index (χ2n) is 3.61. The lowest BCUT2D eigenvalue weighted by molar-refractivity contribution is -0.197. The van der Waals surface area contributed by atoms with Crippen LogP contribution in [0.4, 0.5) is 0 Å². The quantitative estimate of drug-likeness (QED) is 0.662. The average molecular weight is 202 g/mol. The molecule has 0 aromatic rings. The summed E-state index contributed by atoms with van der Waals surface area (Å²) >= 11 is 0. The molecule has 1 aliphatic rings. The van der Waals surface area contributed by atoms with E-state index in [1.165, 1.54) is 0 Å². The van der Waals surface area contributed by atoms with Gasteiger partial charge < -0.3 is 20.0 Å². The van der Waals surface area contributed by atoms with Crippen molar-refractivity contribution in [2.45, 2.75) is 32.6 Å². The van der Waals surface area contributed by atoms with Crippen molar-refractivity contribution < 1.29 is 14.3 Å². The van der Waals surface area contributed by atoms with Crippen LogP contribution in [0.2, 0.25) is 0 Å². The van der Waals surface area contributed by atoms with Crippen molar-refractivity contribution in [2.24, 2.45) is 10.9 Å². The smallest absolute Gasteiger partial charge is 0.163 e. The predicted octanol–water partition coefficient (Wildman–Crippen LogP) is 0.489. The van der Waals surface area contributed by atoms with E-state index in [0.29, 0.717) is 25.5 Å². The van der Waals surface area contributed by atoms with E-state index in [9.17, 15) is 0 Å². The number of nitrogens with zero attached hydrogens (tertiary/aromatic N) is 1. The van der Waals surface area contributed by atoms with E-state index in [-0.39, 0.29) is 6.04 Å². The summed E-state index contributed by atoms with van der Waals surface area (Å²) in [5.74, 6) is -0.596. The molecule has 1 saturated heterocycles. The van der Waals surface area contributed by atoms with Crippen molar-refractivity contribution in [3.8, 4) is 0 Å². The third-order valence-corrected chi connectivity index (χ3v) is 1.92. The Morgan fingerprint density at radius 1 is 1.57 bits per heavy atom. The number of nitrogens with two attached hydrogens (primary N) is 1. The van der Waals surface area contributed by atoms with E-state index in [1.807, 2.05) is 20.8 Å². The zero-order chi connectivity index (χ0) is 10.6. The zero-order valence-electron chi connectivity index (χ0n) is 8.95. The number of ether oxygens (including phenoxy) is 2. The summed E-state index contributed by atoms with van der Waals surface area (Å²) in [6, 6.07) is -0.247. The fourth-order valence-electron chi connectivity index (χ4n) is 1.02. The van der Waals surface area contributed by atoms with Gasteiger partial charge >= 0.3 is 0 Å². The molecule has 14 heavy (non-hydrogen) atoms. The van der Waals surface area contributed by atoms with Crippen LogP contribution in [-0.4, -0.2) is 37.4 Å². The van der Waals surface area contributed by atoms with Gasteiger partial charge in [0, 0.05) is 0 Å². The highest BCUT2D eigenvalue weighted by Crippen LogP contribution is 2.15. The van der Waals surface area contributed by atoms with Gasteiger partial charge in [-0.25, -0.2) is 0 Å². The molecule has 1 aliphatic heterocycles. The Morgan fingerprint density at radius 2 is 2.29 bits per heavy atom. The number of hydrogen-bond donors (Lipinski definition) is 1. The molecule has 5 nitrogen and oxygen atoms in total. The van der Waals surface area contributed by atoms with Gasteiger partial charge in [-0.2, -0.15) is 0 Å². The number of rotatable bonds is 2. The molecule has 1 rings (SSSR count). The Hall–Kier alpha value is -0.650. The molecule has 1 fully saturated rings. The van der Waals surface area contributed by atoms with Gasteiger partial charge in [-0.1, -0.05) is 5.16 Å². The van der Waals surface area contributed by atoms with E-state index in [4.69, 9.17) is 20.0 Å². The van der Waals surface area contributed by atoms with Crippen LogP contribution in [0.1, 0.15) is 20.8 Å². The lowest BCUT2D eigenvalue weighted by atomic mass is 10.2. The van der Waals surface area contributed by atoms with E-state index >= 15 is 0 Å². The van der Waals surface area contributed by atoms with E-state index in [1.54, 1.807) is 0 Å². The summed E-state index contributed by atoms with van der Waals surface area (Å²) in [6.45, 7) is 6.85. The maximum atomic E-state index is 5.83. The normalized spacial score (nSPS) is 30.0. The van der Waals surface area contributed by atoms with Crippen molar-refractivity contribution in [1.82, 2.24) is 0 Å². The highest BCUT2D eigenvalue weighted by atomic mass is 16.7. The second-order valence-corrected chi connectivity index (χ2v) is 3.61. The Morgan fingerprint density at radius 3 is 2.93 bits per heavy atom. The summed E-state index contributed by atoms with van der Waals surface area (Å²) < 4.78 is 10.9. The molecule has 0 saturated carbocycles.